The monoisotopic (exact) mass is 884 g/mol. The Morgan fingerprint density at radius 3 is 1.95 bits per heavy atom. The molecule has 332 valence electrons. The molecule has 7 heterocycles. The average Bonchev–Trinajstić information content (AvgIpc) is 3.91. The number of imidazole rings is 2. The molecule has 2 amide bonds. The normalized spacial score (nSPS) is 27.8. The average molecular weight is 885 g/mol. The molecule has 2 aromatic carbocycles. The highest BCUT2D eigenvalue weighted by molar-refractivity contribution is 7.11. The molecular formula is C49H53FN8O5S. The van der Waals surface area contributed by atoms with Crippen molar-refractivity contribution in [3.05, 3.63) is 82.3 Å². The molecule has 6 aliphatic rings. The summed E-state index contributed by atoms with van der Waals surface area (Å²) in [6.45, 7) is 15.7. The summed E-state index contributed by atoms with van der Waals surface area (Å²) in [5.41, 5.74) is 3.81. The van der Waals surface area contributed by atoms with Gasteiger partial charge >= 0.3 is 12.2 Å². The number of aromatic nitrogens is 6. The molecule has 7 atom stereocenters. The Kier molecular flexibility index (Phi) is 8.22. The number of halogens is 1. The number of nitrogens with zero attached hydrogens (tertiary/aromatic N) is 6. The van der Waals surface area contributed by atoms with Crippen LogP contribution in [0.3, 0.4) is 0 Å². The molecule has 13 nitrogen and oxygen atoms in total. The summed E-state index contributed by atoms with van der Waals surface area (Å²) < 4.78 is 37.5. The van der Waals surface area contributed by atoms with Crippen LogP contribution in [-0.2, 0) is 9.47 Å². The number of hydrogen-bond acceptors (Lipinski definition) is 9. The lowest BCUT2D eigenvalue weighted by Crippen LogP contribution is -2.38. The summed E-state index contributed by atoms with van der Waals surface area (Å²) in [6, 6.07) is 11.4. The molecule has 2 N–H and O–H groups in total. The second-order valence-corrected chi connectivity index (χ2v) is 22.8. The standard InChI is InChI=1S/C49H53FN8O5S/c1-46(2,3)62-44(59)57-33(17-48(7)19-37(48)57)40-51-21-29(54-40)25-11-12-31-27(13-25)15-32-39-28(50)14-26(16-35(39)61-43(56(31)32)36-23-53-42(64-36)24-9-10-24)30-22-52-41(55-30)34-18-49(8)20-38(49)58(34)45(60)63-47(4,5)6/h11-16,21-24,33-34,37-38,43H,9-10,17-20H2,1-8H3,(H,51,54)(H,52,55). The van der Waals surface area contributed by atoms with Crippen molar-refractivity contribution in [2.45, 2.75) is 141 Å². The number of carbonyl (C=O) groups excluding carboxylic acids is 2. The van der Waals surface area contributed by atoms with Crippen molar-refractivity contribution in [3.8, 4) is 39.5 Å². The van der Waals surface area contributed by atoms with Crippen molar-refractivity contribution in [2.24, 2.45) is 10.8 Å². The lowest BCUT2D eigenvalue weighted by atomic mass is 10.0. The Morgan fingerprint density at radius 2 is 1.38 bits per heavy atom. The molecule has 15 heteroatoms. The number of benzene rings is 2. The number of thiazole rings is 1. The van der Waals surface area contributed by atoms with Crippen molar-refractivity contribution < 1.29 is 28.2 Å². The number of aromatic amines is 2. The summed E-state index contributed by atoms with van der Waals surface area (Å²) in [5.74, 6) is 1.87. The third-order valence-corrected chi connectivity index (χ3v) is 15.4. The highest BCUT2D eigenvalue weighted by atomic mass is 32.1. The molecule has 2 saturated heterocycles. The maximum absolute atomic E-state index is 16.9. The second-order valence-electron chi connectivity index (χ2n) is 21.7. The van der Waals surface area contributed by atoms with E-state index in [4.69, 9.17) is 29.2 Å². The fourth-order valence-corrected chi connectivity index (χ4v) is 11.8. The topological polar surface area (TPSA) is 143 Å². The molecule has 7 unspecified atom stereocenters. The minimum atomic E-state index is -0.624. The van der Waals surface area contributed by atoms with Gasteiger partial charge in [-0.2, -0.15) is 0 Å². The van der Waals surface area contributed by atoms with Crippen LogP contribution in [0.5, 0.6) is 5.75 Å². The summed E-state index contributed by atoms with van der Waals surface area (Å²) in [4.78, 5) is 53.0. The summed E-state index contributed by atoms with van der Waals surface area (Å²) in [6.07, 6.45) is 9.98. The minimum absolute atomic E-state index is 0.0192. The fraction of sp³-hybridized carbons (Fsp3) is 0.490. The third kappa shape index (κ3) is 6.46. The molecule has 5 fully saturated rings. The van der Waals surface area contributed by atoms with Crippen LogP contribution in [0.2, 0.25) is 0 Å². The molecule has 0 spiro atoms. The Hall–Kier alpha value is -5.70. The van der Waals surface area contributed by atoms with Gasteiger partial charge in [0.2, 0.25) is 6.23 Å². The third-order valence-electron chi connectivity index (χ3n) is 14.3. The van der Waals surface area contributed by atoms with Crippen LogP contribution < -0.4 is 4.74 Å². The van der Waals surface area contributed by atoms with Gasteiger partial charge in [-0.15, -0.1) is 11.3 Å². The summed E-state index contributed by atoms with van der Waals surface area (Å²) in [5, 5.41) is 2.02. The first-order valence-electron chi connectivity index (χ1n) is 22.6. The lowest BCUT2D eigenvalue weighted by molar-refractivity contribution is 0.0164. The molecule has 0 bridgehead atoms. The van der Waals surface area contributed by atoms with Crippen LogP contribution in [0.1, 0.15) is 140 Å². The van der Waals surface area contributed by atoms with Crippen LogP contribution >= 0.6 is 11.3 Å². The predicted octanol–water partition coefficient (Wildman–Crippen LogP) is 11.4. The number of amides is 2. The Bertz CT molecular complexity index is 2930. The SMILES string of the molecule is CC(C)(C)OC(=O)N1C(c2ncc(-c3cc(F)c4c(c3)OC(c3cnc(C5CC5)s3)n3c-4cc4cc(-c5cnc(C6CC7(C)CC7N6C(=O)OC(C)(C)C)[nH]5)ccc43)[nH]2)CC2(C)CC12. The van der Waals surface area contributed by atoms with Crippen LogP contribution in [0.25, 0.3) is 44.7 Å². The number of piperidine rings is 2. The molecule has 3 saturated carbocycles. The van der Waals surface area contributed by atoms with Crippen molar-refractivity contribution in [1.29, 1.82) is 0 Å². The number of H-pyrrole nitrogens is 2. The molecule has 3 aliphatic heterocycles. The van der Waals surface area contributed by atoms with Gasteiger partial charge in [-0.05, 0) is 121 Å². The number of likely N-dealkylation sites (tertiary alicyclic amines) is 2. The van der Waals surface area contributed by atoms with E-state index in [0.29, 0.717) is 40.0 Å². The van der Waals surface area contributed by atoms with Crippen molar-refractivity contribution in [3.63, 3.8) is 0 Å². The zero-order valence-electron chi connectivity index (χ0n) is 37.4. The maximum Gasteiger partial charge on any atom is 0.411 e. The molecule has 6 aromatic rings. The van der Waals surface area contributed by atoms with Crippen molar-refractivity contribution in [1.82, 2.24) is 39.3 Å². The number of hydrogen-bond donors (Lipinski definition) is 2. The van der Waals surface area contributed by atoms with E-state index in [-0.39, 0.29) is 47.2 Å². The van der Waals surface area contributed by atoms with Crippen LogP contribution in [0.4, 0.5) is 14.0 Å². The van der Waals surface area contributed by atoms with E-state index >= 15 is 4.39 Å². The van der Waals surface area contributed by atoms with Gasteiger partial charge < -0.3 is 24.2 Å². The van der Waals surface area contributed by atoms with E-state index in [2.05, 4.69) is 40.5 Å². The van der Waals surface area contributed by atoms with Crippen molar-refractivity contribution in [2.75, 3.05) is 0 Å². The van der Waals surface area contributed by atoms with Crippen LogP contribution in [-0.4, -0.2) is 74.8 Å². The number of nitrogens with one attached hydrogen (secondary N) is 2. The first-order chi connectivity index (χ1) is 30.3. The van der Waals surface area contributed by atoms with Gasteiger partial charge in [-0.25, -0.2) is 28.9 Å². The molecule has 64 heavy (non-hydrogen) atoms. The number of carbonyl (C=O) groups is 2. The highest BCUT2D eigenvalue weighted by Crippen LogP contribution is 2.64. The van der Waals surface area contributed by atoms with Gasteiger partial charge in [0, 0.05) is 40.7 Å². The van der Waals surface area contributed by atoms with E-state index < -0.39 is 23.2 Å². The molecule has 3 aliphatic carbocycles. The quantitative estimate of drug-likeness (QED) is 0.168. The maximum atomic E-state index is 16.9. The van der Waals surface area contributed by atoms with E-state index in [9.17, 15) is 9.59 Å². The van der Waals surface area contributed by atoms with E-state index in [1.165, 1.54) is 6.07 Å². The van der Waals surface area contributed by atoms with Gasteiger partial charge in [-0.1, -0.05) is 19.9 Å². The van der Waals surface area contributed by atoms with Gasteiger partial charge in [0.1, 0.15) is 34.4 Å². The largest absolute Gasteiger partial charge is 0.464 e. The van der Waals surface area contributed by atoms with Crippen LogP contribution in [0.15, 0.2) is 55.0 Å². The molecule has 0 radical (unpaired) electrons. The number of ether oxygens (including phenoxy) is 3. The zero-order chi connectivity index (χ0) is 44.4. The van der Waals surface area contributed by atoms with Gasteiger partial charge in [0.25, 0.3) is 0 Å². The van der Waals surface area contributed by atoms with Crippen LogP contribution in [0, 0.1) is 16.6 Å². The highest BCUT2D eigenvalue weighted by Gasteiger charge is 2.65. The molecule has 4 aromatic heterocycles. The number of fused-ring (bicyclic) bond motifs is 7. The van der Waals surface area contributed by atoms with E-state index in [1.807, 2.05) is 81.9 Å². The zero-order valence-corrected chi connectivity index (χ0v) is 38.2. The number of rotatable bonds is 6. The summed E-state index contributed by atoms with van der Waals surface area (Å²) >= 11 is 1.65. The first kappa shape index (κ1) is 39.9. The first-order valence-corrected chi connectivity index (χ1v) is 23.4. The smallest absolute Gasteiger partial charge is 0.411 e. The molecule has 12 rings (SSSR count). The second kappa shape index (κ2) is 13.2. The van der Waals surface area contributed by atoms with Gasteiger partial charge in [0.15, 0.2) is 0 Å². The van der Waals surface area contributed by atoms with Crippen molar-refractivity contribution >= 4 is 34.4 Å². The minimum Gasteiger partial charge on any atom is -0.464 e. The fourth-order valence-electron chi connectivity index (χ4n) is 10.7. The Morgan fingerprint density at radius 1 is 0.781 bits per heavy atom. The van der Waals surface area contributed by atoms with Gasteiger partial charge in [-0.3, -0.25) is 14.4 Å². The Balaban J connectivity index is 0.888. The lowest BCUT2D eigenvalue weighted by Gasteiger charge is -2.30. The van der Waals surface area contributed by atoms with E-state index in [1.54, 1.807) is 17.5 Å². The summed E-state index contributed by atoms with van der Waals surface area (Å²) in [7, 11) is 0. The van der Waals surface area contributed by atoms with E-state index in [0.717, 1.165) is 76.4 Å². The Labute approximate surface area is 374 Å². The predicted molar refractivity (Wildman–Crippen MR) is 239 cm³/mol. The van der Waals surface area contributed by atoms with Gasteiger partial charge in [0.05, 0.1) is 62.5 Å². The molecular weight excluding hydrogens is 832 g/mol.